The molecule has 0 aromatic heterocycles. The number of likely N-dealkylation sites (N-methyl/N-ethyl adjacent to an activating group) is 1. The van der Waals surface area contributed by atoms with Crippen molar-refractivity contribution in [3.05, 3.63) is 0 Å². The molecule has 0 aliphatic carbocycles. The Hall–Kier alpha value is 0.540. The van der Waals surface area contributed by atoms with Crippen molar-refractivity contribution in [2.75, 3.05) is 34.3 Å². The zero-order valence-electron chi connectivity index (χ0n) is 7.15. The van der Waals surface area contributed by atoms with Gasteiger partial charge < -0.3 is 13.9 Å². The summed E-state index contributed by atoms with van der Waals surface area (Å²) in [5.41, 5.74) is 0. The molecular weight excluding hydrogens is 184 g/mol. The Kier molecular flexibility index (Phi) is 4.17. The third-order valence-corrected chi connectivity index (χ3v) is 2.04. The van der Waals surface area contributed by atoms with E-state index in [0.29, 0.717) is 6.61 Å². The van der Waals surface area contributed by atoms with E-state index in [1.54, 1.807) is 8.93 Å². The van der Waals surface area contributed by atoms with Crippen LogP contribution in [0.15, 0.2) is 0 Å². The molecule has 0 aliphatic rings. The average molecular weight is 200 g/mol. The summed E-state index contributed by atoms with van der Waals surface area (Å²) in [7, 11) is 4.43. The zero-order valence-corrected chi connectivity index (χ0v) is 9.20. The molecule has 0 radical (unpaired) electrons. The maximum atomic E-state index is 10.6. The fourth-order valence-corrected chi connectivity index (χ4v) is 1.10. The highest BCUT2D eigenvalue weighted by atomic mass is 32.1. The van der Waals surface area contributed by atoms with Gasteiger partial charge in [-0.1, -0.05) is 0 Å². The smallest absolute Gasteiger partial charge is 0.329 e. The lowest BCUT2D eigenvalue weighted by molar-refractivity contribution is -0.870. The van der Waals surface area contributed by atoms with Gasteiger partial charge in [0.2, 0.25) is 0 Å². The lowest BCUT2D eigenvalue weighted by atomic mass is 10.5. The van der Waals surface area contributed by atoms with Gasteiger partial charge in [-0.15, -0.1) is 0 Å². The minimum Gasteiger partial charge on any atom is -0.329 e. The van der Waals surface area contributed by atoms with Crippen molar-refractivity contribution >= 4 is 16.2 Å². The molecule has 0 fully saturated rings. The Morgan fingerprint density at radius 2 is 2.00 bits per heavy atom. The van der Waals surface area contributed by atoms with Gasteiger partial charge in [0.1, 0.15) is 13.2 Å². The summed E-state index contributed by atoms with van der Waals surface area (Å²) in [5, 5.41) is 0. The van der Waals surface area contributed by atoms with E-state index in [2.05, 4.69) is 4.52 Å². The largest absolute Gasteiger partial charge is 0.340 e. The predicted octanol–water partition coefficient (Wildman–Crippen LogP) is 0.685. The van der Waals surface area contributed by atoms with Crippen LogP contribution in [0.3, 0.4) is 0 Å². The van der Waals surface area contributed by atoms with E-state index in [4.69, 9.17) is 4.89 Å². The van der Waals surface area contributed by atoms with Crippen LogP contribution in [-0.4, -0.2) is 43.7 Å². The monoisotopic (exact) mass is 200 g/mol. The van der Waals surface area contributed by atoms with E-state index in [1.807, 2.05) is 21.1 Å². The summed E-state index contributed by atoms with van der Waals surface area (Å²) in [4.78, 5) is 8.70. The van der Waals surface area contributed by atoms with E-state index >= 15 is 0 Å². The molecule has 0 saturated heterocycles. The molecule has 4 nitrogen and oxygen atoms in total. The van der Waals surface area contributed by atoms with Crippen molar-refractivity contribution in [2.45, 2.75) is 0 Å². The Balaban J connectivity index is 3.52. The molecule has 0 saturated carbocycles. The summed E-state index contributed by atoms with van der Waals surface area (Å²) in [6.07, 6.45) is 0. The van der Waals surface area contributed by atoms with Crippen LogP contribution < -0.4 is 0 Å². The highest BCUT2D eigenvalue weighted by Crippen LogP contribution is 2.50. The van der Waals surface area contributed by atoms with Crippen LogP contribution in [0.25, 0.3) is 0 Å². The van der Waals surface area contributed by atoms with Gasteiger partial charge in [-0.05, 0) is 8.93 Å². The maximum absolute atomic E-state index is 10.6. The second-order valence-electron chi connectivity index (χ2n) is 3.41. The highest BCUT2D eigenvalue weighted by molar-refractivity contribution is 8.11. The maximum Gasteiger partial charge on any atom is 0.340 e. The quantitative estimate of drug-likeness (QED) is 0.536. The molecule has 0 aliphatic heterocycles. The molecule has 11 heavy (non-hydrogen) atoms. The number of hydrogen-bond acceptors (Lipinski definition) is 2. The van der Waals surface area contributed by atoms with Gasteiger partial charge in [0.25, 0.3) is 0 Å². The van der Waals surface area contributed by atoms with E-state index in [-0.39, 0.29) is 0 Å². The summed E-state index contributed by atoms with van der Waals surface area (Å²) in [5.74, 6) is 0. The van der Waals surface area contributed by atoms with Gasteiger partial charge in [0, 0.05) is 0 Å². The number of rotatable bonds is 4. The number of quaternary nitrogens is 1. The van der Waals surface area contributed by atoms with E-state index in [9.17, 15) is 4.57 Å². The average Bonchev–Trinajstić information content (AvgIpc) is 1.55. The Labute approximate surface area is 69.8 Å². The predicted molar refractivity (Wildman–Crippen MR) is 48.4 cm³/mol. The highest BCUT2D eigenvalue weighted by Gasteiger charge is 2.13. The molecule has 0 spiro atoms. The molecule has 2 atom stereocenters. The molecule has 68 valence electrons. The standard InChI is InChI=1S/C5H15NO3P2/c1-6(2,3)4-5-9-11(7,8)10/h4-5,10H2,1-3H3/p+1. The molecule has 1 N–H and O–H groups in total. The number of hydrogen-bond donors (Lipinski definition) is 1. The first-order chi connectivity index (χ1) is 4.71. The van der Waals surface area contributed by atoms with Crippen LogP contribution in [0.4, 0.5) is 0 Å². The molecule has 0 bridgehead atoms. The second kappa shape index (κ2) is 3.97. The summed E-state index contributed by atoms with van der Waals surface area (Å²) in [6, 6.07) is 0. The van der Waals surface area contributed by atoms with Gasteiger partial charge in [-0.25, -0.2) is 0 Å². The SMILES string of the molecule is C[N+](C)(C)CCOP(=O)(O)P. The third-order valence-electron chi connectivity index (χ3n) is 1.04. The topological polar surface area (TPSA) is 46.5 Å². The van der Waals surface area contributed by atoms with Gasteiger partial charge in [0.15, 0.2) is 0 Å². The minimum absolute atomic E-state index is 0.306. The molecular formula is C5H16NO3P2+. The second-order valence-corrected chi connectivity index (χ2v) is 6.76. The van der Waals surface area contributed by atoms with Gasteiger partial charge in [-0.3, -0.25) is 4.57 Å². The van der Waals surface area contributed by atoms with E-state index in [1.165, 1.54) is 0 Å². The molecule has 0 amide bonds. The first-order valence-electron chi connectivity index (χ1n) is 3.27. The van der Waals surface area contributed by atoms with Crippen molar-refractivity contribution in [1.82, 2.24) is 0 Å². The van der Waals surface area contributed by atoms with Crippen LogP contribution in [-0.2, 0) is 9.09 Å². The number of nitrogens with zero attached hydrogens (tertiary/aromatic N) is 1. The van der Waals surface area contributed by atoms with E-state index in [0.717, 1.165) is 11.0 Å². The molecule has 0 aromatic carbocycles. The lowest BCUT2D eigenvalue weighted by Crippen LogP contribution is -2.37. The molecule has 0 heterocycles. The van der Waals surface area contributed by atoms with Crippen molar-refractivity contribution in [3.8, 4) is 0 Å². The minimum atomic E-state index is -3.35. The first-order valence-corrected chi connectivity index (χ1v) is 6.47. The van der Waals surface area contributed by atoms with E-state index < -0.39 is 7.28 Å². The zero-order chi connectivity index (χ0) is 9.12. The van der Waals surface area contributed by atoms with Crippen LogP contribution in [0.2, 0.25) is 0 Å². The fourth-order valence-electron chi connectivity index (χ4n) is 0.445. The summed E-state index contributed by atoms with van der Waals surface area (Å²) in [6.45, 7) is 1.03. The Morgan fingerprint density at radius 3 is 2.27 bits per heavy atom. The lowest BCUT2D eigenvalue weighted by Gasteiger charge is -2.23. The summed E-state index contributed by atoms with van der Waals surface area (Å²) >= 11 is 0. The molecule has 2 unspecified atom stereocenters. The summed E-state index contributed by atoms with van der Waals surface area (Å²) < 4.78 is 16.0. The first kappa shape index (κ1) is 11.5. The van der Waals surface area contributed by atoms with Gasteiger partial charge in [-0.2, -0.15) is 0 Å². The van der Waals surface area contributed by atoms with Crippen LogP contribution in [0, 0.1) is 0 Å². The van der Waals surface area contributed by atoms with Crippen molar-refractivity contribution < 1.29 is 18.5 Å². The Bertz CT molecular complexity index is 160. The molecule has 0 rings (SSSR count). The van der Waals surface area contributed by atoms with Crippen molar-refractivity contribution in [3.63, 3.8) is 0 Å². The van der Waals surface area contributed by atoms with Crippen LogP contribution in [0.5, 0.6) is 0 Å². The third kappa shape index (κ3) is 10.5. The van der Waals surface area contributed by atoms with Crippen LogP contribution in [0.1, 0.15) is 0 Å². The Morgan fingerprint density at radius 1 is 1.55 bits per heavy atom. The molecule has 6 heteroatoms. The molecule has 0 aromatic rings. The van der Waals surface area contributed by atoms with Crippen LogP contribution >= 0.6 is 16.2 Å². The van der Waals surface area contributed by atoms with Gasteiger partial charge >= 0.3 is 7.28 Å². The van der Waals surface area contributed by atoms with Gasteiger partial charge in [0.05, 0.1) is 21.1 Å². The normalized spacial score (nSPS) is 17.9. The fraction of sp³-hybridized carbons (Fsp3) is 1.00. The van der Waals surface area contributed by atoms with Crippen molar-refractivity contribution in [2.24, 2.45) is 0 Å². The van der Waals surface area contributed by atoms with Crippen molar-refractivity contribution in [1.29, 1.82) is 0 Å².